The molecule has 0 saturated heterocycles. The van der Waals surface area contributed by atoms with E-state index in [-0.39, 0.29) is 29.3 Å². The molecule has 0 fully saturated rings. The number of phenols is 2. The number of fused-ring (bicyclic) bond motifs is 2. The van der Waals surface area contributed by atoms with Crippen molar-refractivity contribution in [3.63, 3.8) is 0 Å². The van der Waals surface area contributed by atoms with Crippen LogP contribution in [0.2, 0.25) is 0 Å². The van der Waals surface area contributed by atoms with E-state index in [4.69, 9.17) is 0 Å². The Labute approximate surface area is 154 Å². The fraction of sp³-hybridized carbons (Fsp3) is 0.0476. The molecule has 0 saturated carbocycles. The molecule has 0 unspecified atom stereocenters. The minimum absolute atomic E-state index is 0.0171. The first-order valence-electron chi connectivity index (χ1n) is 8.34. The van der Waals surface area contributed by atoms with Crippen LogP contribution in [-0.4, -0.2) is 32.0 Å². The van der Waals surface area contributed by atoms with Gasteiger partial charge in [0.1, 0.15) is 22.9 Å². The largest absolute Gasteiger partial charge is 0.507 e. The van der Waals surface area contributed by atoms with Gasteiger partial charge < -0.3 is 20.3 Å². The number of aromatic nitrogens is 1. The Bertz CT molecular complexity index is 1210. The van der Waals surface area contributed by atoms with Gasteiger partial charge in [-0.2, -0.15) is 0 Å². The zero-order valence-electron chi connectivity index (χ0n) is 14.2. The lowest BCUT2D eigenvalue weighted by molar-refractivity contribution is -0.129. The molecule has 1 aromatic heterocycles. The number of H-pyrrole nitrogens is 1. The number of carboxylic acid groups (broad SMARTS) is 1. The molecule has 6 heteroatoms. The second kappa shape index (κ2) is 6.49. The highest BCUT2D eigenvalue weighted by Gasteiger charge is 2.16. The summed E-state index contributed by atoms with van der Waals surface area (Å²) in [5.41, 5.74) is 1.58. The zero-order valence-corrected chi connectivity index (χ0v) is 14.2. The molecule has 1 heterocycles. The highest BCUT2D eigenvalue weighted by Crippen LogP contribution is 2.40. The van der Waals surface area contributed by atoms with Gasteiger partial charge in [0.25, 0.3) is 0 Å². The third-order valence-electron chi connectivity index (χ3n) is 4.51. The van der Waals surface area contributed by atoms with Crippen LogP contribution in [0, 0.1) is 0 Å². The number of carboxylic acids is 1. The summed E-state index contributed by atoms with van der Waals surface area (Å²) >= 11 is 0. The SMILES string of the molecule is O=C(O)C(Cc1c[nH]c2ccccc12)=Nc1cc(O)c2ccccc2c1O. The van der Waals surface area contributed by atoms with Crippen molar-refractivity contribution in [2.75, 3.05) is 0 Å². The molecule has 0 aliphatic heterocycles. The van der Waals surface area contributed by atoms with Gasteiger partial charge in [0, 0.05) is 40.4 Å². The maximum absolute atomic E-state index is 11.7. The number of aliphatic carboxylic acids is 1. The molecule has 0 radical (unpaired) electrons. The van der Waals surface area contributed by atoms with E-state index in [0.717, 1.165) is 16.5 Å². The van der Waals surface area contributed by atoms with Crippen LogP contribution in [0.4, 0.5) is 5.69 Å². The van der Waals surface area contributed by atoms with Crippen molar-refractivity contribution in [3.8, 4) is 11.5 Å². The maximum Gasteiger partial charge on any atom is 0.350 e. The van der Waals surface area contributed by atoms with Gasteiger partial charge in [-0.15, -0.1) is 0 Å². The van der Waals surface area contributed by atoms with Crippen molar-refractivity contribution in [2.24, 2.45) is 4.99 Å². The summed E-state index contributed by atoms with van der Waals surface area (Å²) in [6, 6.07) is 15.6. The van der Waals surface area contributed by atoms with Crippen LogP contribution in [0.5, 0.6) is 11.5 Å². The van der Waals surface area contributed by atoms with Crippen LogP contribution in [0.25, 0.3) is 21.7 Å². The topological polar surface area (TPSA) is 106 Å². The number of hydrogen-bond donors (Lipinski definition) is 4. The second-order valence-corrected chi connectivity index (χ2v) is 6.21. The summed E-state index contributed by atoms with van der Waals surface area (Å²) in [4.78, 5) is 19.0. The summed E-state index contributed by atoms with van der Waals surface area (Å²) < 4.78 is 0. The number of phenolic OH excluding ortho intramolecular Hbond substituents is 2. The molecule has 27 heavy (non-hydrogen) atoms. The van der Waals surface area contributed by atoms with E-state index < -0.39 is 5.97 Å². The average Bonchev–Trinajstić information content (AvgIpc) is 3.08. The Balaban J connectivity index is 1.81. The van der Waals surface area contributed by atoms with Gasteiger partial charge in [-0.25, -0.2) is 9.79 Å². The van der Waals surface area contributed by atoms with E-state index in [9.17, 15) is 20.1 Å². The minimum atomic E-state index is -1.19. The van der Waals surface area contributed by atoms with E-state index in [0.29, 0.717) is 10.8 Å². The molecule has 3 aromatic carbocycles. The Morgan fingerprint density at radius 1 is 0.963 bits per heavy atom. The molecule has 6 nitrogen and oxygen atoms in total. The molecule has 134 valence electrons. The number of benzene rings is 3. The van der Waals surface area contributed by atoms with Gasteiger partial charge in [-0.1, -0.05) is 42.5 Å². The molecule has 4 aromatic rings. The number of aromatic amines is 1. The number of nitrogens with zero attached hydrogens (tertiary/aromatic N) is 1. The lowest BCUT2D eigenvalue weighted by atomic mass is 10.1. The van der Waals surface area contributed by atoms with E-state index in [1.807, 2.05) is 24.3 Å². The zero-order chi connectivity index (χ0) is 19.0. The van der Waals surface area contributed by atoms with Crippen molar-refractivity contribution in [2.45, 2.75) is 6.42 Å². The number of carbonyl (C=O) groups is 1. The third kappa shape index (κ3) is 2.97. The standard InChI is InChI=1S/C21H16N2O4/c24-19-10-17(20(25)15-7-2-1-6-14(15)19)23-18(21(26)27)9-12-11-22-16-8-4-3-5-13(12)16/h1-8,10-11,22,24-25H,9H2,(H,26,27). The summed E-state index contributed by atoms with van der Waals surface area (Å²) in [5.74, 6) is -1.42. The molecule has 0 bridgehead atoms. The summed E-state index contributed by atoms with van der Waals surface area (Å²) in [7, 11) is 0. The highest BCUT2D eigenvalue weighted by molar-refractivity contribution is 6.37. The fourth-order valence-electron chi connectivity index (χ4n) is 3.18. The van der Waals surface area contributed by atoms with Crippen molar-refractivity contribution in [1.82, 2.24) is 4.98 Å². The molecule has 4 rings (SSSR count). The normalized spacial score (nSPS) is 11.9. The Morgan fingerprint density at radius 3 is 2.37 bits per heavy atom. The maximum atomic E-state index is 11.7. The number of aromatic hydroxyl groups is 2. The van der Waals surface area contributed by atoms with Gasteiger partial charge in [0.2, 0.25) is 0 Å². The van der Waals surface area contributed by atoms with Crippen LogP contribution in [-0.2, 0) is 11.2 Å². The van der Waals surface area contributed by atoms with Crippen LogP contribution >= 0.6 is 0 Å². The first kappa shape index (κ1) is 16.7. The van der Waals surface area contributed by atoms with Crippen molar-refractivity contribution in [3.05, 3.63) is 66.4 Å². The first-order chi connectivity index (χ1) is 13.0. The molecule has 0 amide bonds. The number of rotatable bonds is 4. The molecule has 0 aliphatic carbocycles. The smallest absolute Gasteiger partial charge is 0.350 e. The quantitative estimate of drug-likeness (QED) is 0.324. The van der Waals surface area contributed by atoms with E-state index in [1.165, 1.54) is 6.07 Å². The molecule has 4 N–H and O–H groups in total. The van der Waals surface area contributed by atoms with Crippen LogP contribution < -0.4 is 0 Å². The van der Waals surface area contributed by atoms with Crippen LogP contribution in [0.3, 0.4) is 0 Å². The third-order valence-corrected chi connectivity index (χ3v) is 4.51. The van der Waals surface area contributed by atoms with Crippen molar-refractivity contribution < 1.29 is 20.1 Å². The first-order valence-corrected chi connectivity index (χ1v) is 8.34. The van der Waals surface area contributed by atoms with E-state index in [1.54, 1.807) is 30.5 Å². The van der Waals surface area contributed by atoms with Gasteiger partial charge in [-0.05, 0) is 11.6 Å². The van der Waals surface area contributed by atoms with Gasteiger partial charge in [-0.3, -0.25) is 0 Å². The lowest BCUT2D eigenvalue weighted by Crippen LogP contribution is -2.15. The Hall–Kier alpha value is -3.80. The molecule has 0 atom stereocenters. The summed E-state index contributed by atoms with van der Waals surface area (Å²) in [6.07, 6.45) is 1.83. The second-order valence-electron chi connectivity index (χ2n) is 6.21. The van der Waals surface area contributed by atoms with Crippen molar-refractivity contribution >= 4 is 39.0 Å². The summed E-state index contributed by atoms with van der Waals surface area (Å²) in [6.45, 7) is 0. The van der Waals surface area contributed by atoms with Gasteiger partial charge in [0.05, 0.1) is 0 Å². The lowest BCUT2D eigenvalue weighted by Gasteiger charge is -2.08. The highest BCUT2D eigenvalue weighted by atomic mass is 16.4. The van der Waals surface area contributed by atoms with Gasteiger partial charge in [0.15, 0.2) is 0 Å². The monoisotopic (exact) mass is 360 g/mol. The predicted molar refractivity (Wildman–Crippen MR) is 104 cm³/mol. The van der Waals surface area contributed by atoms with E-state index in [2.05, 4.69) is 9.98 Å². The number of aliphatic imine (C=N–C) groups is 1. The van der Waals surface area contributed by atoms with Crippen LogP contribution in [0.1, 0.15) is 5.56 Å². The fourth-order valence-corrected chi connectivity index (χ4v) is 3.18. The molecular weight excluding hydrogens is 344 g/mol. The van der Waals surface area contributed by atoms with Crippen LogP contribution in [0.15, 0.2) is 65.8 Å². The summed E-state index contributed by atoms with van der Waals surface area (Å²) in [5, 5.41) is 32.1. The predicted octanol–water partition coefficient (Wildman–Crippen LogP) is 4.13. The number of para-hydroxylation sites is 1. The molecular formula is C21H16N2O4. The molecule has 0 spiro atoms. The van der Waals surface area contributed by atoms with E-state index >= 15 is 0 Å². The van der Waals surface area contributed by atoms with Gasteiger partial charge >= 0.3 is 5.97 Å². The number of nitrogens with one attached hydrogen (secondary N) is 1. The minimum Gasteiger partial charge on any atom is -0.507 e. The molecule has 0 aliphatic rings. The number of hydrogen-bond acceptors (Lipinski definition) is 4. The Morgan fingerprint density at radius 2 is 1.63 bits per heavy atom. The van der Waals surface area contributed by atoms with Crippen molar-refractivity contribution in [1.29, 1.82) is 0 Å². The Kier molecular flexibility index (Phi) is 4.01. The average molecular weight is 360 g/mol.